The SMILES string of the molecule is COc1cc(N(Cc2cccnc2)c2cccc(C(=O)O)c2)ccc1C(C)=O. The molecule has 0 fully saturated rings. The Hall–Kier alpha value is -3.67. The van der Waals surface area contributed by atoms with Crippen molar-refractivity contribution in [2.45, 2.75) is 13.5 Å². The van der Waals surface area contributed by atoms with Gasteiger partial charge in [-0.15, -0.1) is 0 Å². The third-order valence-electron chi connectivity index (χ3n) is 4.34. The number of benzene rings is 2. The summed E-state index contributed by atoms with van der Waals surface area (Å²) in [6.07, 6.45) is 3.46. The Labute approximate surface area is 163 Å². The number of carboxylic acid groups (broad SMARTS) is 1. The predicted octanol–water partition coefficient (Wildman–Crippen LogP) is 4.33. The van der Waals surface area contributed by atoms with Crippen LogP contribution >= 0.6 is 0 Å². The van der Waals surface area contributed by atoms with E-state index in [0.29, 0.717) is 23.5 Å². The van der Waals surface area contributed by atoms with E-state index in [9.17, 15) is 14.7 Å². The van der Waals surface area contributed by atoms with E-state index in [4.69, 9.17) is 4.74 Å². The number of carbonyl (C=O) groups excluding carboxylic acids is 1. The minimum atomic E-state index is -0.993. The molecule has 6 heteroatoms. The van der Waals surface area contributed by atoms with Gasteiger partial charge in [0.05, 0.1) is 18.2 Å². The predicted molar refractivity (Wildman–Crippen MR) is 106 cm³/mol. The average Bonchev–Trinajstić information content (AvgIpc) is 2.72. The fourth-order valence-corrected chi connectivity index (χ4v) is 2.95. The van der Waals surface area contributed by atoms with Crippen LogP contribution in [0.2, 0.25) is 0 Å². The molecule has 0 saturated carbocycles. The lowest BCUT2D eigenvalue weighted by molar-refractivity contribution is 0.0696. The Morgan fingerprint density at radius 3 is 2.50 bits per heavy atom. The molecule has 0 spiro atoms. The number of rotatable bonds is 7. The van der Waals surface area contributed by atoms with Gasteiger partial charge >= 0.3 is 5.97 Å². The molecule has 28 heavy (non-hydrogen) atoms. The molecule has 1 heterocycles. The number of hydrogen-bond donors (Lipinski definition) is 1. The highest BCUT2D eigenvalue weighted by atomic mass is 16.5. The van der Waals surface area contributed by atoms with Crippen LogP contribution in [-0.2, 0) is 6.54 Å². The second kappa shape index (κ2) is 8.35. The standard InChI is InChI=1S/C22H20N2O4/c1-15(25)20-9-8-19(12-21(20)28-2)24(14-16-5-4-10-23-13-16)18-7-3-6-17(11-18)22(26)27/h3-13H,14H2,1-2H3,(H,26,27). The molecule has 142 valence electrons. The fraction of sp³-hybridized carbons (Fsp3) is 0.136. The van der Waals surface area contributed by atoms with Gasteiger partial charge in [0.1, 0.15) is 5.75 Å². The Balaban J connectivity index is 2.10. The molecule has 0 aliphatic heterocycles. The summed E-state index contributed by atoms with van der Waals surface area (Å²) in [7, 11) is 1.52. The van der Waals surface area contributed by atoms with E-state index < -0.39 is 5.97 Å². The molecule has 0 atom stereocenters. The van der Waals surface area contributed by atoms with Crippen LogP contribution in [0.25, 0.3) is 0 Å². The van der Waals surface area contributed by atoms with Crippen LogP contribution in [0.15, 0.2) is 67.0 Å². The van der Waals surface area contributed by atoms with Crippen LogP contribution in [0.5, 0.6) is 5.75 Å². The van der Waals surface area contributed by atoms with Crippen molar-refractivity contribution >= 4 is 23.1 Å². The maximum atomic E-state index is 11.8. The number of ether oxygens (including phenoxy) is 1. The molecule has 2 aromatic carbocycles. The van der Waals surface area contributed by atoms with Crippen molar-refractivity contribution in [1.29, 1.82) is 0 Å². The summed E-state index contributed by atoms with van der Waals surface area (Å²) in [6.45, 7) is 1.96. The first-order valence-electron chi connectivity index (χ1n) is 8.68. The van der Waals surface area contributed by atoms with Crippen LogP contribution < -0.4 is 9.64 Å². The number of carbonyl (C=O) groups is 2. The van der Waals surface area contributed by atoms with Crippen molar-refractivity contribution in [3.8, 4) is 5.75 Å². The number of aromatic nitrogens is 1. The van der Waals surface area contributed by atoms with Crippen molar-refractivity contribution in [2.75, 3.05) is 12.0 Å². The maximum Gasteiger partial charge on any atom is 0.335 e. The van der Waals surface area contributed by atoms with Gasteiger partial charge < -0.3 is 14.7 Å². The van der Waals surface area contributed by atoms with Crippen LogP contribution in [0.3, 0.4) is 0 Å². The van der Waals surface area contributed by atoms with Gasteiger partial charge in [0, 0.05) is 36.4 Å². The van der Waals surface area contributed by atoms with E-state index in [1.807, 2.05) is 29.2 Å². The molecule has 1 aromatic heterocycles. The van der Waals surface area contributed by atoms with E-state index in [0.717, 1.165) is 11.3 Å². The minimum Gasteiger partial charge on any atom is -0.496 e. The van der Waals surface area contributed by atoms with Crippen LogP contribution in [0, 0.1) is 0 Å². The molecule has 0 unspecified atom stereocenters. The summed E-state index contributed by atoms with van der Waals surface area (Å²) >= 11 is 0. The number of Topliss-reactive ketones (excluding diaryl/α,β-unsaturated/α-hetero) is 1. The number of pyridine rings is 1. The summed E-state index contributed by atoms with van der Waals surface area (Å²) in [6, 6.07) is 15.8. The molecular weight excluding hydrogens is 356 g/mol. The lowest BCUT2D eigenvalue weighted by atomic mass is 10.1. The molecule has 0 aliphatic rings. The van der Waals surface area contributed by atoms with Gasteiger partial charge in [0.2, 0.25) is 0 Å². The molecule has 3 aromatic rings. The summed E-state index contributed by atoms with van der Waals surface area (Å²) < 4.78 is 5.39. The van der Waals surface area contributed by atoms with Gasteiger partial charge in [-0.05, 0) is 48.9 Å². The van der Waals surface area contributed by atoms with Crippen LogP contribution in [0.4, 0.5) is 11.4 Å². The van der Waals surface area contributed by atoms with Crippen molar-refractivity contribution < 1.29 is 19.4 Å². The second-order valence-corrected chi connectivity index (χ2v) is 6.24. The average molecular weight is 376 g/mol. The first kappa shape index (κ1) is 19.1. The topological polar surface area (TPSA) is 79.7 Å². The summed E-state index contributed by atoms with van der Waals surface area (Å²) in [4.78, 5) is 29.3. The number of hydrogen-bond acceptors (Lipinski definition) is 5. The van der Waals surface area contributed by atoms with E-state index in [-0.39, 0.29) is 11.3 Å². The number of aromatic carboxylic acids is 1. The number of methoxy groups -OCH3 is 1. The molecule has 0 aliphatic carbocycles. The van der Waals surface area contributed by atoms with E-state index in [1.165, 1.54) is 14.0 Å². The highest BCUT2D eigenvalue weighted by Crippen LogP contribution is 2.32. The molecule has 0 bridgehead atoms. The van der Waals surface area contributed by atoms with Crippen molar-refractivity contribution in [1.82, 2.24) is 4.98 Å². The number of ketones is 1. The van der Waals surface area contributed by atoms with Crippen molar-refractivity contribution in [2.24, 2.45) is 0 Å². The number of anilines is 2. The van der Waals surface area contributed by atoms with E-state index in [2.05, 4.69) is 4.98 Å². The summed E-state index contributed by atoms with van der Waals surface area (Å²) in [5.74, 6) is -0.613. The first-order valence-corrected chi connectivity index (χ1v) is 8.68. The van der Waals surface area contributed by atoms with E-state index in [1.54, 1.807) is 42.7 Å². The highest BCUT2D eigenvalue weighted by molar-refractivity contribution is 5.97. The maximum absolute atomic E-state index is 11.8. The Morgan fingerprint density at radius 2 is 1.86 bits per heavy atom. The van der Waals surface area contributed by atoms with Gasteiger partial charge in [-0.1, -0.05) is 12.1 Å². The van der Waals surface area contributed by atoms with Gasteiger partial charge in [0.15, 0.2) is 5.78 Å². The first-order chi connectivity index (χ1) is 13.5. The van der Waals surface area contributed by atoms with Crippen LogP contribution in [-0.4, -0.2) is 29.0 Å². The summed E-state index contributed by atoms with van der Waals surface area (Å²) in [5.41, 5.74) is 3.13. The molecule has 0 radical (unpaired) electrons. The van der Waals surface area contributed by atoms with Gasteiger partial charge in [0.25, 0.3) is 0 Å². The third kappa shape index (κ3) is 4.17. The Bertz CT molecular complexity index is 1000. The minimum absolute atomic E-state index is 0.0879. The zero-order chi connectivity index (χ0) is 20.1. The molecule has 6 nitrogen and oxygen atoms in total. The smallest absolute Gasteiger partial charge is 0.335 e. The molecule has 3 rings (SSSR count). The van der Waals surface area contributed by atoms with Gasteiger partial charge in [-0.2, -0.15) is 0 Å². The molecule has 1 N–H and O–H groups in total. The fourth-order valence-electron chi connectivity index (χ4n) is 2.95. The highest BCUT2D eigenvalue weighted by Gasteiger charge is 2.16. The number of carboxylic acids is 1. The molecular formula is C22H20N2O4. The Morgan fingerprint density at radius 1 is 1.07 bits per heavy atom. The monoisotopic (exact) mass is 376 g/mol. The van der Waals surface area contributed by atoms with E-state index >= 15 is 0 Å². The normalized spacial score (nSPS) is 10.4. The van der Waals surface area contributed by atoms with Gasteiger partial charge in [-0.25, -0.2) is 4.79 Å². The zero-order valence-corrected chi connectivity index (χ0v) is 15.6. The molecule has 0 saturated heterocycles. The lowest BCUT2D eigenvalue weighted by Crippen LogP contribution is -2.17. The molecule has 0 amide bonds. The van der Waals surface area contributed by atoms with Crippen molar-refractivity contribution in [3.05, 3.63) is 83.7 Å². The third-order valence-corrected chi connectivity index (χ3v) is 4.34. The zero-order valence-electron chi connectivity index (χ0n) is 15.6. The van der Waals surface area contributed by atoms with Crippen molar-refractivity contribution in [3.63, 3.8) is 0 Å². The summed E-state index contributed by atoms with van der Waals surface area (Å²) in [5, 5.41) is 9.34. The van der Waals surface area contributed by atoms with Crippen LogP contribution in [0.1, 0.15) is 33.2 Å². The quantitative estimate of drug-likeness (QED) is 0.618. The second-order valence-electron chi connectivity index (χ2n) is 6.24. The number of nitrogens with zero attached hydrogens (tertiary/aromatic N) is 2. The van der Waals surface area contributed by atoms with Gasteiger partial charge in [-0.3, -0.25) is 9.78 Å². The Kier molecular flexibility index (Phi) is 5.69. The lowest BCUT2D eigenvalue weighted by Gasteiger charge is -2.26. The largest absolute Gasteiger partial charge is 0.496 e.